The summed E-state index contributed by atoms with van der Waals surface area (Å²) in [7, 11) is 0. The van der Waals surface area contributed by atoms with Crippen LogP contribution in [-0.2, 0) is 6.54 Å². The molecule has 5 heteroatoms. The fraction of sp³-hybridized carbons (Fsp3) is 0.273. The summed E-state index contributed by atoms with van der Waals surface area (Å²) in [5.74, 6) is 0. The zero-order valence-electron chi connectivity index (χ0n) is 8.48. The van der Waals surface area contributed by atoms with Gasteiger partial charge in [-0.05, 0) is 30.7 Å². The van der Waals surface area contributed by atoms with E-state index in [2.05, 4.69) is 15.9 Å². The van der Waals surface area contributed by atoms with E-state index in [0.29, 0.717) is 5.52 Å². The van der Waals surface area contributed by atoms with E-state index in [1.54, 1.807) is 13.0 Å². The third-order valence-electron chi connectivity index (χ3n) is 2.37. The predicted molar refractivity (Wildman–Crippen MR) is 60.4 cm³/mol. The number of hydrogen-bond donors (Lipinski definition) is 0. The van der Waals surface area contributed by atoms with Gasteiger partial charge in [0.2, 0.25) is 0 Å². The Hall–Kier alpha value is -0.970. The zero-order chi connectivity index (χ0) is 11.9. The second-order valence-electron chi connectivity index (χ2n) is 3.72. The van der Waals surface area contributed by atoms with Crippen molar-refractivity contribution in [1.29, 1.82) is 0 Å². The van der Waals surface area contributed by atoms with Gasteiger partial charge in [-0.25, -0.2) is 0 Å². The maximum atomic E-state index is 12.3. The molecule has 0 aliphatic rings. The number of hydrogen-bond acceptors (Lipinski definition) is 0. The van der Waals surface area contributed by atoms with E-state index in [-0.39, 0.29) is 0 Å². The van der Waals surface area contributed by atoms with Gasteiger partial charge in [-0.3, -0.25) is 0 Å². The normalized spacial score (nSPS) is 12.3. The number of aryl methyl sites for hydroxylation is 1. The van der Waals surface area contributed by atoms with E-state index in [0.717, 1.165) is 15.4 Å². The minimum absolute atomic E-state index is 0.639. The average molecular weight is 292 g/mol. The van der Waals surface area contributed by atoms with Crippen LogP contribution in [0, 0.1) is 6.92 Å². The van der Waals surface area contributed by atoms with Crippen molar-refractivity contribution in [2.45, 2.75) is 19.6 Å². The summed E-state index contributed by atoms with van der Waals surface area (Å²) in [6.07, 6.45) is -2.72. The molecule has 2 rings (SSSR count). The van der Waals surface area contributed by atoms with E-state index in [1.807, 2.05) is 12.1 Å². The Labute approximate surface area is 99.0 Å². The van der Waals surface area contributed by atoms with Crippen molar-refractivity contribution in [1.82, 2.24) is 4.57 Å². The molecule has 0 fully saturated rings. The van der Waals surface area contributed by atoms with Gasteiger partial charge >= 0.3 is 6.18 Å². The number of alkyl halides is 3. The number of halogens is 4. The van der Waals surface area contributed by atoms with Gasteiger partial charge in [0.15, 0.2) is 0 Å². The van der Waals surface area contributed by atoms with E-state index in [1.165, 1.54) is 10.8 Å². The summed E-state index contributed by atoms with van der Waals surface area (Å²) >= 11 is 3.32. The summed E-state index contributed by atoms with van der Waals surface area (Å²) in [6.45, 7) is 0.860. The molecule has 0 saturated carbocycles. The molecule has 1 aromatic carbocycles. The molecule has 0 radical (unpaired) electrons. The Morgan fingerprint density at radius 2 is 2.00 bits per heavy atom. The second-order valence-corrected chi connectivity index (χ2v) is 4.64. The number of fused-ring (bicyclic) bond motifs is 1. The van der Waals surface area contributed by atoms with Crippen molar-refractivity contribution in [2.24, 2.45) is 0 Å². The topological polar surface area (TPSA) is 4.93 Å². The number of nitrogens with zero attached hydrogens (tertiary/aromatic N) is 1. The van der Waals surface area contributed by atoms with Gasteiger partial charge in [-0.1, -0.05) is 15.9 Å². The van der Waals surface area contributed by atoms with Crippen LogP contribution < -0.4 is 0 Å². The van der Waals surface area contributed by atoms with E-state index >= 15 is 0 Å². The molecule has 0 unspecified atom stereocenters. The molecular weight excluding hydrogens is 283 g/mol. The second kappa shape index (κ2) is 3.80. The van der Waals surface area contributed by atoms with Crippen LogP contribution in [0.15, 0.2) is 28.9 Å². The van der Waals surface area contributed by atoms with Gasteiger partial charge in [0.25, 0.3) is 0 Å². The molecule has 86 valence electrons. The monoisotopic (exact) mass is 291 g/mol. The van der Waals surface area contributed by atoms with Crippen molar-refractivity contribution in [3.63, 3.8) is 0 Å². The van der Waals surface area contributed by atoms with E-state index in [4.69, 9.17) is 0 Å². The molecule has 16 heavy (non-hydrogen) atoms. The van der Waals surface area contributed by atoms with Crippen LogP contribution in [0.3, 0.4) is 0 Å². The van der Waals surface area contributed by atoms with Crippen LogP contribution >= 0.6 is 15.9 Å². The summed E-state index contributed by atoms with van der Waals surface area (Å²) < 4.78 is 39.1. The van der Waals surface area contributed by atoms with Gasteiger partial charge in [0, 0.05) is 16.1 Å². The van der Waals surface area contributed by atoms with Crippen LogP contribution in [-0.4, -0.2) is 10.7 Å². The lowest BCUT2D eigenvalue weighted by atomic mass is 10.2. The molecule has 0 saturated heterocycles. The molecule has 0 atom stereocenters. The first-order valence-corrected chi connectivity index (χ1v) is 5.48. The minimum atomic E-state index is -4.19. The minimum Gasteiger partial charge on any atom is -0.338 e. The quantitative estimate of drug-likeness (QED) is 0.739. The maximum absolute atomic E-state index is 12.3. The highest BCUT2D eigenvalue weighted by Crippen LogP contribution is 2.27. The zero-order valence-corrected chi connectivity index (χ0v) is 10.1. The van der Waals surface area contributed by atoms with Crippen LogP contribution in [0.4, 0.5) is 13.2 Å². The number of benzene rings is 1. The molecule has 2 aromatic rings. The first-order chi connectivity index (χ1) is 7.37. The molecule has 1 nitrogen and oxygen atoms in total. The average Bonchev–Trinajstić information content (AvgIpc) is 2.44. The fourth-order valence-electron chi connectivity index (χ4n) is 1.85. The molecule has 0 bridgehead atoms. The largest absolute Gasteiger partial charge is 0.406 e. The molecule has 1 heterocycles. The standard InChI is InChI=1S/C11H9BrF3N/c1-7-4-9(12)5-8-2-3-16(10(7)8)6-11(13,14)15/h2-5H,6H2,1H3. The Balaban J connectivity index is 2.56. The molecule has 0 aliphatic heterocycles. The lowest BCUT2D eigenvalue weighted by Crippen LogP contribution is -2.17. The van der Waals surface area contributed by atoms with Gasteiger partial charge in [0.1, 0.15) is 6.54 Å². The van der Waals surface area contributed by atoms with Crippen LogP contribution in [0.1, 0.15) is 5.56 Å². The van der Waals surface area contributed by atoms with Gasteiger partial charge in [-0.2, -0.15) is 13.2 Å². The first kappa shape index (κ1) is 11.5. The third kappa shape index (κ3) is 2.24. The van der Waals surface area contributed by atoms with Crippen molar-refractivity contribution >= 4 is 26.8 Å². The van der Waals surface area contributed by atoms with Crippen molar-refractivity contribution < 1.29 is 13.2 Å². The highest BCUT2D eigenvalue weighted by molar-refractivity contribution is 9.10. The molecule has 0 spiro atoms. The fourth-order valence-corrected chi connectivity index (χ4v) is 2.44. The van der Waals surface area contributed by atoms with E-state index < -0.39 is 12.7 Å². The van der Waals surface area contributed by atoms with E-state index in [9.17, 15) is 13.2 Å². The smallest absolute Gasteiger partial charge is 0.338 e. The number of aromatic nitrogens is 1. The van der Waals surface area contributed by atoms with Crippen LogP contribution in [0.2, 0.25) is 0 Å². The molecule has 0 aliphatic carbocycles. The Morgan fingerprint density at radius 1 is 1.31 bits per heavy atom. The lowest BCUT2D eigenvalue weighted by Gasteiger charge is -2.10. The lowest BCUT2D eigenvalue weighted by molar-refractivity contribution is -0.139. The summed E-state index contributed by atoms with van der Waals surface area (Å²) in [5, 5.41) is 0.816. The highest BCUT2D eigenvalue weighted by atomic mass is 79.9. The molecule has 1 aromatic heterocycles. The van der Waals surface area contributed by atoms with Crippen molar-refractivity contribution in [3.05, 3.63) is 34.4 Å². The summed E-state index contributed by atoms with van der Waals surface area (Å²) in [4.78, 5) is 0. The Kier molecular flexibility index (Phi) is 2.74. The highest BCUT2D eigenvalue weighted by Gasteiger charge is 2.28. The van der Waals surface area contributed by atoms with Crippen LogP contribution in [0.5, 0.6) is 0 Å². The maximum Gasteiger partial charge on any atom is 0.406 e. The van der Waals surface area contributed by atoms with Gasteiger partial charge in [0.05, 0.1) is 5.52 Å². The number of rotatable bonds is 1. The van der Waals surface area contributed by atoms with Crippen LogP contribution in [0.25, 0.3) is 10.9 Å². The third-order valence-corrected chi connectivity index (χ3v) is 2.82. The SMILES string of the molecule is Cc1cc(Br)cc2ccn(CC(F)(F)F)c12. The molecule has 0 amide bonds. The molecular formula is C11H9BrF3N. The first-order valence-electron chi connectivity index (χ1n) is 4.68. The predicted octanol–water partition coefficient (Wildman–Crippen LogP) is 4.27. The summed E-state index contributed by atoms with van der Waals surface area (Å²) in [5.41, 5.74) is 1.47. The van der Waals surface area contributed by atoms with Gasteiger partial charge in [-0.15, -0.1) is 0 Å². The van der Waals surface area contributed by atoms with Gasteiger partial charge < -0.3 is 4.57 Å². The Morgan fingerprint density at radius 3 is 2.62 bits per heavy atom. The van der Waals surface area contributed by atoms with Crippen molar-refractivity contribution in [2.75, 3.05) is 0 Å². The molecule has 0 N–H and O–H groups in total. The van der Waals surface area contributed by atoms with Crippen molar-refractivity contribution in [3.8, 4) is 0 Å². The Bertz CT molecular complexity index is 528. The summed E-state index contributed by atoms with van der Waals surface area (Å²) in [6, 6.07) is 5.32.